The first-order chi connectivity index (χ1) is 25.2. The van der Waals surface area contributed by atoms with Crippen LogP contribution in [0.25, 0.3) is 5.57 Å². The minimum atomic E-state index is -1.20. The van der Waals surface area contributed by atoms with Gasteiger partial charge in [0.15, 0.2) is 11.4 Å². The standard InChI is InChI=1S/C19H20N4O4.C19H18N4O3/c1-19(2,27)15-4-3-9-22(17(15)24)10-13-5-7-14(8-6-13)11-23-12-16(18(25)26)20-21-23;1-13(2)16-4-3-9-22(18(16)24)10-14-5-7-15(8-6-14)11-23-12-17(19(25)26)20-21-23/h3-9,12,27H,10-11H2,1-2H3,(H,25,26);3-9,12H,1,10-11H2,2H3,(H,25,26). The zero-order valence-electron chi connectivity index (χ0n) is 29.3. The molecule has 6 aromatic rings. The molecule has 4 aromatic heterocycles. The van der Waals surface area contributed by atoms with Crippen molar-refractivity contribution in [2.45, 2.75) is 52.6 Å². The monoisotopic (exact) mass is 718 g/mol. The molecule has 0 aliphatic carbocycles. The highest BCUT2D eigenvalue weighted by Gasteiger charge is 2.20. The molecule has 0 saturated heterocycles. The van der Waals surface area contributed by atoms with Gasteiger partial charge in [0.05, 0.1) is 44.2 Å². The van der Waals surface area contributed by atoms with Crippen LogP contribution in [0.2, 0.25) is 0 Å². The van der Waals surface area contributed by atoms with Crippen molar-refractivity contribution in [3.05, 3.63) is 170 Å². The van der Waals surface area contributed by atoms with Crippen LogP contribution >= 0.6 is 0 Å². The number of hydrogen-bond donors (Lipinski definition) is 3. The van der Waals surface area contributed by atoms with Gasteiger partial charge in [-0.2, -0.15) is 0 Å². The minimum Gasteiger partial charge on any atom is -0.476 e. The van der Waals surface area contributed by atoms with Crippen molar-refractivity contribution in [1.29, 1.82) is 0 Å². The van der Waals surface area contributed by atoms with Crippen molar-refractivity contribution < 1.29 is 24.9 Å². The molecule has 15 heteroatoms. The summed E-state index contributed by atoms with van der Waals surface area (Å²) in [4.78, 5) is 46.6. The Bertz CT molecular complexity index is 2360. The predicted octanol–water partition coefficient (Wildman–Crippen LogP) is 3.73. The largest absolute Gasteiger partial charge is 0.476 e. The van der Waals surface area contributed by atoms with Crippen molar-refractivity contribution >= 4 is 17.5 Å². The van der Waals surface area contributed by atoms with E-state index in [2.05, 4.69) is 27.2 Å². The molecule has 6 rings (SSSR count). The summed E-state index contributed by atoms with van der Waals surface area (Å²) in [7, 11) is 0. The molecule has 0 bridgehead atoms. The maximum absolute atomic E-state index is 12.5. The van der Waals surface area contributed by atoms with E-state index in [1.807, 2.05) is 61.5 Å². The van der Waals surface area contributed by atoms with Crippen molar-refractivity contribution in [1.82, 2.24) is 39.1 Å². The third-order valence-corrected chi connectivity index (χ3v) is 8.12. The Labute approximate surface area is 303 Å². The Morgan fingerprint density at radius 3 is 1.43 bits per heavy atom. The fourth-order valence-corrected chi connectivity index (χ4v) is 5.33. The van der Waals surface area contributed by atoms with E-state index < -0.39 is 17.5 Å². The van der Waals surface area contributed by atoms with E-state index in [0.29, 0.717) is 37.3 Å². The van der Waals surface area contributed by atoms with E-state index in [1.54, 1.807) is 53.6 Å². The number of aliphatic hydroxyl groups is 1. The lowest BCUT2D eigenvalue weighted by atomic mass is 10.0. The number of allylic oxidation sites excluding steroid dienone is 1. The fraction of sp³-hybridized carbons (Fsp3) is 0.211. The maximum atomic E-state index is 12.5. The Morgan fingerprint density at radius 2 is 1.06 bits per heavy atom. The molecule has 15 nitrogen and oxygen atoms in total. The molecule has 0 spiro atoms. The molecule has 3 N–H and O–H groups in total. The quantitative estimate of drug-likeness (QED) is 0.167. The molecule has 0 saturated carbocycles. The van der Waals surface area contributed by atoms with Crippen molar-refractivity contribution in [3.63, 3.8) is 0 Å². The van der Waals surface area contributed by atoms with Crippen molar-refractivity contribution in [2.75, 3.05) is 0 Å². The third kappa shape index (κ3) is 9.74. The molecule has 0 aliphatic rings. The van der Waals surface area contributed by atoms with Gasteiger partial charge in [0.1, 0.15) is 0 Å². The van der Waals surface area contributed by atoms with Crippen molar-refractivity contribution in [3.8, 4) is 0 Å². The number of carbonyl (C=O) groups is 2. The van der Waals surface area contributed by atoms with E-state index in [1.165, 1.54) is 21.8 Å². The maximum Gasteiger partial charge on any atom is 0.358 e. The number of benzene rings is 2. The first-order valence-electron chi connectivity index (χ1n) is 16.4. The Hall–Kier alpha value is -6.74. The van der Waals surface area contributed by atoms with Crippen LogP contribution in [0.15, 0.2) is 114 Å². The first kappa shape index (κ1) is 37.5. The van der Waals surface area contributed by atoms with Crippen molar-refractivity contribution in [2.24, 2.45) is 0 Å². The summed E-state index contributed by atoms with van der Waals surface area (Å²) in [6.07, 6.45) is 6.21. The highest BCUT2D eigenvalue weighted by molar-refractivity contribution is 5.85. The van der Waals surface area contributed by atoms with Gasteiger partial charge in [-0.25, -0.2) is 19.0 Å². The van der Waals surface area contributed by atoms with Gasteiger partial charge in [0, 0.05) is 23.5 Å². The second kappa shape index (κ2) is 16.1. The van der Waals surface area contributed by atoms with Crippen LogP contribution in [0.1, 0.15) is 75.1 Å². The Kier molecular flexibility index (Phi) is 11.4. The minimum absolute atomic E-state index is 0.0621. The molecule has 272 valence electrons. The molecule has 0 radical (unpaired) electrons. The molecular formula is C38H38N8O7. The average Bonchev–Trinajstić information content (AvgIpc) is 3.78. The van der Waals surface area contributed by atoms with Crippen LogP contribution in [0, 0.1) is 0 Å². The zero-order valence-corrected chi connectivity index (χ0v) is 29.3. The van der Waals surface area contributed by atoms with Gasteiger partial charge >= 0.3 is 11.9 Å². The van der Waals surface area contributed by atoms with E-state index in [0.717, 1.165) is 27.8 Å². The van der Waals surface area contributed by atoms with Crippen LogP contribution in [0.3, 0.4) is 0 Å². The summed E-state index contributed by atoms with van der Waals surface area (Å²) in [5.41, 5.74) is 3.84. The van der Waals surface area contributed by atoms with Gasteiger partial charge in [-0.05, 0) is 72.9 Å². The molecule has 2 aromatic carbocycles. The molecule has 0 fully saturated rings. The lowest BCUT2D eigenvalue weighted by Gasteiger charge is -2.18. The third-order valence-electron chi connectivity index (χ3n) is 8.12. The molecule has 0 unspecified atom stereocenters. The number of rotatable bonds is 12. The number of pyridine rings is 2. The lowest BCUT2D eigenvalue weighted by molar-refractivity contribution is 0.0679. The Morgan fingerprint density at radius 1 is 0.660 bits per heavy atom. The fourth-order valence-electron chi connectivity index (χ4n) is 5.33. The van der Waals surface area contributed by atoms with Gasteiger partial charge in [0.2, 0.25) is 0 Å². The highest BCUT2D eigenvalue weighted by atomic mass is 16.4. The molecule has 0 amide bonds. The topological polar surface area (TPSA) is 200 Å². The molecule has 0 aliphatic heterocycles. The van der Waals surface area contributed by atoms with Gasteiger partial charge in [-0.15, -0.1) is 10.2 Å². The van der Waals surface area contributed by atoms with E-state index in [9.17, 15) is 24.3 Å². The summed E-state index contributed by atoms with van der Waals surface area (Å²) in [5, 5.41) is 42.6. The van der Waals surface area contributed by atoms with Crippen LogP contribution in [-0.2, 0) is 31.8 Å². The number of nitrogens with zero attached hydrogens (tertiary/aromatic N) is 8. The summed E-state index contributed by atoms with van der Waals surface area (Å²) in [5.74, 6) is -2.22. The Balaban J connectivity index is 0.000000204. The summed E-state index contributed by atoms with van der Waals surface area (Å²) >= 11 is 0. The lowest BCUT2D eigenvalue weighted by Crippen LogP contribution is -2.31. The van der Waals surface area contributed by atoms with Crippen LogP contribution in [0.4, 0.5) is 0 Å². The van der Waals surface area contributed by atoms with E-state index in [4.69, 9.17) is 10.2 Å². The van der Waals surface area contributed by atoms with Crippen LogP contribution in [-0.4, -0.2) is 66.4 Å². The van der Waals surface area contributed by atoms with Gasteiger partial charge in [-0.3, -0.25) is 9.59 Å². The van der Waals surface area contributed by atoms with E-state index in [-0.39, 0.29) is 22.5 Å². The van der Waals surface area contributed by atoms with Gasteiger partial charge in [0.25, 0.3) is 11.1 Å². The number of aromatic nitrogens is 8. The molecule has 53 heavy (non-hydrogen) atoms. The first-order valence-corrected chi connectivity index (χ1v) is 16.4. The molecule has 4 heterocycles. The number of hydrogen-bond acceptors (Lipinski definition) is 9. The second-order valence-corrected chi connectivity index (χ2v) is 12.9. The predicted molar refractivity (Wildman–Crippen MR) is 195 cm³/mol. The highest BCUT2D eigenvalue weighted by Crippen LogP contribution is 2.16. The SMILES string of the molecule is C=C(C)c1cccn(Cc2ccc(Cn3cc(C(=O)O)nn3)cc2)c1=O.CC(C)(O)c1cccn(Cc2ccc(Cn3cc(C(=O)O)nn3)cc2)c1=O. The molecular weight excluding hydrogens is 680 g/mol. The molecule has 0 atom stereocenters. The smallest absolute Gasteiger partial charge is 0.358 e. The van der Waals surface area contributed by atoms with E-state index >= 15 is 0 Å². The second-order valence-electron chi connectivity index (χ2n) is 12.9. The van der Waals surface area contributed by atoms with Crippen LogP contribution in [0.5, 0.6) is 0 Å². The summed E-state index contributed by atoms with van der Waals surface area (Å²) < 4.78 is 6.13. The van der Waals surface area contributed by atoms with Gasteiger partial charge in [-0.1, -0.05) is 65.5 Å². The normalized spacial score (nSPS) is 11.1. The number of aromatic carboxylic acids is 2. The van der Waals surface area contributed by atoms with Gasteiger partial charge < -0.3 is 24.5 Å². The number of carboxylic acid groups (broad SMARTS) is 2. The zero-order chi connectivity index (χ0) is 38.3. The number of carboxylic acids is 2. The summed E-state index contributed by atoms with van der Waals surface area (Å²) in [6.45, 7) is 10.5. The van der Waals surface area contributed by atoms with Crippen LogP contribution < -0.4 is 11.1 Å². The average molecular weight is 719 g/mol. The summed E-state index contributed by atoms with van der Waals surface area (Å²) in [6, 6.07) is 22.3.